The highest BCUT2D eigenvalue weighted by Gasteiger charge is 2.31. The molecule has 0 aromatic rings. The fraction of sp³-hybridized carbons (Fsp3) is 0.954. The van der Waals surface area contributed by atoms with Gasteiger partial charge in [-0.05, 0) is 43.4 Å². The van der Waals surface area contributed by atoms with Crippen LogP contribution < -0.4 is 0 Å². The van der Waals surface area contributed by atoms with Crippen LogP contribution in [0.1, 0.15) is 459 Å². The summed E-state index contributed by atoms with van der Waals surface area (Å²) in [7, 11) is -9.93. The number of hydrogen-bond acceptors (Lipinski definition) is 15. The molecule has 0 heterocycles. The smallest absolute Gasteiger partial charge is 0.462 e. The molecule has 3 unspecified atom stereocenters. The number of rotatable bonds is 85. The molecule has 0 fully saturated rings. The zero-order valence-corrected chi connectivity index (χ0v) is 71.7. The van der Waals surface area contributed by atoms with Gasteiger partial charge in [0.15, 0.2) is 12.2 Å². The van der Waals surface area contributed by atoms with Crippen LogP contribution in [0.15, 0.2) is 0 Å². The van der Waals surface area contributed by atoms with Crippen LogP contribution in [0.3, 0.4) is 0 Å². The van der Waals surface area contributed by atoms with Crippen molar-refractivity contribution in [3.05, 3.63) is 0 Å². The Kier molecular flexibility index (Phi) is 75.6. The Morgan fingerprint density at radius 2 is 0.481 bits per heavy atom. The Balaban J connectivity index is 5.22. The molecule has 0 saturated heterocycles. The number of aliphatic hydroxyl groups excluding tert-OH is 1. The van der Waals surface area contributed by atoms with Crippen molar-refractivity contribution >= 4 is 39.5 Å². The van der Waals surface area contributed by atoms with Gasteiger partial charge in [-0.25, -0.2) is 9.13 Å². The average Bonchev–Trinajstić information content (AvgIpc) is 0.903. The van der Waals surface area contributed by atoms with Crippen LogP contribution in [0, 0.1) is 17.8 Å². The van der Waals surface area contributed by atoms with Gasteiger partial charge in [0, 0.05) is 25.7 Å². The fourth-order valence-electron chi connectivity index (χ4n) is 13.5. The summed E-state index contributed by atoms with van der Waals surface area (Å²) in [5.41, 5.74) is 0. The molecule has 0 amide bonds. The predicted octanol–water partition coefficient (Wildman–Crippen LogP) is 26.5. The summed E-state index contributed by atoms with van der Waals surface area (Å²) < 4.78 is 68.9. The molecule has 106 heavy (non-hydrogen) atoms. The Hall–Kier alpha value is -1.94. The van der Waals surface area contributed by atoms with E-state index in [4.69, 9.17) is 37.0 Å². The van der Waals surface area contributed by atoms with Crippen LogP contribution >= 0.6 is 15.6 Å². The average molecular weight is 1550 g/mol. The molecule has 0 radical (unpaired) electrons. The molecule has 0 aromatic heterocycles. The SMILES string of the molecule is CCCCCCCCCCCCCCCCCC(=O)O[C@H](COC(=O)CCCCCCCCCC(C)C)COP(=O)(O)OC[C@H](O)COP(=O)(O)OC[C@@H](COC(=O)CCCCCCCCCCCCCCCCCCC(C)C)OC(=O)CCCCCCCCCCCCCCCCCCCCC(C)CC. The van der Waals surface area contributed by atoms with E-state index in [-0.39, 0.29) is 25.7 Å². The maximum Gasteiger partial charge on any atom is 0.472 e. The van der Waals surface area contributed by atoms with Gasteiger partial charge in [0.1, 0.15) is 19.3 Å². The molecular weight excluding hydrogens is 1380 g/mol. The Bertz CT molecular complexity index is 2050. The molecule has 0 aliphatic rings. The summed E-state index contributed by atoms with van der Waals surface area (Å²) in [6, 6.07) is 0. The van der Waals surface area contributed by atoms with Crippen LogP contribution in [0.5, 0.6) is 0 Å². The summed E-state index contributed by atoms with van der Waals surface area (Å²) in [6.07, 6.45) is 68.1. The number of phosphoric ester groups is 2. The lowest BCUT2D eigenvalue weighted by Crippen LogP contribution is -2.30. The molecule has 0 aliphatic carbocycles. The lowest BCUT2D eigenvalue weighted by molar-refractivity contribution is -0.161. The molecule has 6 atom stereocenters. The number of carbonyl (C=O) groups excluding carboxylic acids is 4. The first kappa shape index (κ1) is 104. The second-order valence-corrected chi connectivity index (χ2v) is 35.4. The number of phosphoric acid groups is 2. The quantitative estimate of drug-likeness (QED) is 0.0222. The largest absolute Gasteiger partial charge is 0.472 e. The fourth-order valence-corrected chi connectivity index (χ4v) is 15.1. The molecular formula is C87H170O17P2. The maximum absolute atomic E-state index is 13.2. The highest BCUT2D eigenvalue weighted by Crippen LogP contribution is 2.45. The van der Waals surface area contributed by atoms with Crippen LogP contribution in [-0.4, -0.2) is 96.7 Å². The number of hydrogen-bond donors (Lipinski definition) is 3. The summed E-state index contributed by atoms with van der Waals surface area (Å²) in [4.78, 5) is 73.2. The number of esters is 4. The molecule has 0 aliphatic heterocycles. The second kappa shape index (κ2) is 77.0. The van der Waals surface area contributed by atoms with Gasteiger partial charge in [0.05, 0.1) is 26.4 Å². The molecule has 0 saturated carbocycles. The van der Waals surface area contributed by atoms with Crippen molar-refractivity contribution in [1.29, 1.82) is 0 Å². The van der Waals surface area contributed by atoms with Gasteiger partial charge in [-0.2, -0.15) is 0 Å². The first-order valence-corrected chi connectivity index (χ1v) is 47.9. The minimum Gasteiger partial charge on any atom is -0.462 e. The topological polar surface area (TPSA) is 237 Å². The Morgan fingerprint density at radius 1 is 0.274 bits per heavy atom. The Morgan fingerprint density at radius 3 is 0.717 bits per heavy atom. The predicted molar refractivity (Wildman–Crippen MR) is 437 cm³/mol. The zero-order chi connectivity index (χ0) is 77.9. The second-order valence-electron chi connectivity index (χ2n) is 32.5. The van der Waals surface area contributed by atoms with Crippen LogP contribution in [0.4, 0.5) is 0 Å². The van der Waals surface area contributed by atoms with E-state index >= 15 is 0 Å². The Labute approximate surface area is 651 Å². The van der Waals surface area contributed by atoms with E-state index in [9.17, 15) is 43.2 Å². The molecule has 3 N–H and O–H groups in total. The van der Waals surface area contributed by atoms with Gasteiger partial charge < -0.3 is 33.8 Å². The molecule has 0 bridgehead atoms. The lowest BCUT2D eigenvalue weighted by atomic mass is 9.99. The molecule has 19 heteroatoms. The van der Waals surface area contributed by atoms with E-state index in [2.05, 4.69) is 48.5 Å². The molecule has 630 valence electrons. The summed E-state index contributed by atoms with van der Waals surface area (Å²) >= 11 is 0. The highest BCUT2D eigenvalue weighted by atomic mass is 31.2. The van der Waals surface area contributed by atoms with Gasteiger partial charge in [0.25, 0.3) is 0 Å². The molecule has 0 spiro atoms. The minimum atomic E-state index is -4.97. The highest BCUT2D eigenvalue weighted by molar-refractivity contribution is 7.47. The standard InChI is InChI=1S/C87H170O17P2/c1-8-10-11-12-13-14-15-16-23-31-36-41-48-56-63-70-87(92)104-83(75-98-85(90)69-62-55-50-43-45-52-59-66-79(5)6)77-102-106(95,96)100-73-81(88)72-99-105(93,94)101-76-82(74-97-84(89)68-61-54-47-40-35-30-26-22-21-24-28-33-38-44-51-58-65-78(3)4)103-86(91)71-64-57-49-42-37-32-27-20-18-17-19-25-29-34-39-46-53-60-67-80(7)9-2/h78-83,88H,8-77H2,1-7H3,(H,93,94)(H,95,96)/t80?,81-,82-,83-/m1/s1. The van der Waals surface area contributed by atoms with E-state index in [1.165, 1.54) is 263 Å². The van der Waals surface area contributed by atoms with Crippen molar-refractivity contribution in [2.24, 2.45) is 17.8 Å². The van der Waals surface area contributed by atoms with E-state index in [1.807, 2.05) is 0 Å². The zero-order valence-electron chi connectivity index (χ0n) is 69.9. The minimum absolute atomic E-state index is 0.107. The van der Waals surface area contributed by atoms with E-state index in [1.54, 1.807) is 0 Å². The van der Waals surface area contributed by atoms with Crippen molar-refractivity contribution in [2.45, 2.75) is 478 Å². The molecule has 17 nitrogen and oxygen atoms in total. The van der Waals surface area contributed by atoms with Gasteiger partial charge in [-0.1, -0.05) is 408 Å². The summed E-state index contributed by atoms with van der Waals surface area (Å²) in [5, 5.41) is 10.7. The third-order valence-electron chi connectivity index (χ3n) is 20.7. The normalized spacial score (nSPS) is 14.1. The van der Waals surface area contributed by atoms with E-state index in [0.29, 0.717) is 31.6 Å². The maximum atomic E-state index is 13.2. The van der Waals surface area contributed by atoms with Crippen molar-refractivity contribution in [3.8, 4) is 0 Å². The lowest BCUT2D eigenvalue weighted by Gasteiger charge is -2.21. The van der Waals surface area contributed by atoms with E-state index in [0.717, 1.165) is 108 Å². The van der Waals surface area contributed by atoms with Gasteiger partial charge in [-0.3, -0.25) is 37.3 Å². The number of unbranched alkanes of at least 4 members (excludes halogenated alkanes) is 52. The van der Waals surface area contributed by atoms with Crippen molar-refractivity contribution in [1.82, 2.24) is 0 Å². The van der Waals surface area contributed by atoms with Crippen molar-refractivity contribution < 1.29 is 80.2 Å². The summed E-state index contributed by atoms with van der Waals surface area (Å²) in [6.45, 7) is 12.0. The monoisotopic (exact) mass is 1550 g/mol. The number of aliphatic hydroxyl groups is 1. The number of carbonyl (C=O) groups is 4. The van der Waals surface area contributed by atoms with Gasteiger partial charge in [-0.15, -0.1) is 0 Å². The van der Waals surface area contributed by atoms with Crippen molar-refractivity contribution in [2.75, 3.05) is 39.6 Å². The van der Waals surface area contributed by atoms with Crippen LogP contribution in [0.25, 0.3) is 0 Å². The molecule has 0 rings (SSSR count). The van der Waals surface area contributed by atoms with Crippen molar-refractivity contribution in [3.63, 3.8) is 0 Å². The first-order valence-electron chi connectivity index (χ1n) is 44.9. The third kappa shape index (κ3) is 78.7. The van der Waals surface area contributed by atoms with E-state index < -0.39 is 97.5 Å². The first-order chi connectivity index (χ1) is 51.3. The number of ether oxygens (including phenoxy) is 4. The van der Waals surface area contributed by atoms with Gasteiger partial charge >= 0.3 is 39.5 Å². The van der Waals surface area contributed by atoms with Crippen LogP contribution in [0.2, 0.25) is 0 Å². The van der Waals surface area contributed by atoms with Crippen LogP contribution in [-0.2, 0) is 65.4 Å². The third-order valence-corrected chi connectivity index (χ3v) is 22.6. The molecule has 0 aromatic carbocycles. The summed E-state index contributed by atoms with van der Waals surface area (Å²) in [5.74, 6) is 0.285. The van der Waals surface area contributed by atoms with Gasteiger partial charge in [0.2, 0.25) is 0 Å².